The zero-order chi connectivity index (χ0) is 27.2. The average Bonchev–Trinajstić information content (AvgIpc) is 3.49. The van der Waals surface area contributed by atoms with E-state index in [9.17, 15) is 9.59 Å². The molecule has 1 aliphatic heterocycles. The molecule has 2 amide bonds. The number of para-hydroxylation sites is 1. The second-order valence-electron chi connectivity index (χ2n) is 10.6. The van der Waals surface area contributed by atoms with Gasteiger partial charge < -0.3 is 26.1 Å². The summed E-state index contributed by atoms with van der Waals surface area (Å²) >= 11 is 5.98. The summed E-state index contributed by atoms with van der Waals surface area (Å²) in [4.78, 5) is 33.2. The summed E-state index contributed by atoms with van der Waals surface area (Å²) in [6, 6.07) is 12.0. The number of carbonyl (C=O) groups excluding carboxylic acids is 2. The highest BCUT2D eigenvalue weighted by atomic mass is 35.5. The predicted molar refractivity (Wildman–Crippen MR) is 151 cm³/mol. The first-order valence-corrected chi connectivity index (χ1v) is 14.2. The Bertz CT molecular complexity index is 1260. The maximum absolute atomic E-state index is 13.4. The zero-order valence-corrected chi connectivity index (χ0v) is 22.8. The number of nitrogens with one attached hydrogen (secondary N) is 3. The molecule has 8 nitrogen and oxygen atoms in total. The Balaban J connectivity index is 1.33. The van der Waals surface area contributed by atoms with Gasteiger partial charge in [0.05, 0.1) is 24.2 Å². The average molecular weight is 550 g/mol. The Labute approximate surface area is 234 Å². The molecule has 3 atom stereocenters. The number of carbonyl (C=O) groups is 2. The molecule has 1 aliphatic carbocycles. The van der Waals surface area contributed by atoms with Crippen molar-refractivity contribution in [1.29, 1.82) is 0 Å². The number of ether oxygens (including phenoxy) is 1. The van der Waals surface area contributed by atoms with E-state index >= 15 is 0 Å². The minimum Gasteiger partial charge on any atom is -0.492 e. The molecule has 1 aromatic heterocycles. The first kappa shape index (κ1) is 27.2. The van der Waals surface area contributed by atoms with Crippen molar-refractivity contribution in [3.8, 4) is 5.75 Å². The molecule has 39 heavy (non-hydrogen) atoms. The maximum atomic E-state index is 13.4. The lowest BCUT2D eigenvalue weighted by atomic mass is 9.83. The molecule has 5 rings (SSSR count). The van der Waals surface area contributed by atoms with Gasteiger partial charge in [-0.2, -0.15) is 0 Å². The number of aromatic amines is 1. The summed E-state index contributed by atoms with van der Waals surface area (Å²) in [7, 11) is 0. The van der Waals surface area contributed by atoms with Crippen LogP contribution in [0.25, 0.3) is 0 Å². The van der Waals surface area contributed by atoms with Gasteiger partial charge in [-0.1, -0.05) is 68.0 Å². The molecule has 2 aliphatic rings. The molecule has 0 saturated heterocycles. The van der Waals surface area contributed by atoms with E-state index in [1.165, 1.54) is 32.1 Å². The van der Waals surface area contributed by atoms with Crippen LogP contribution >= 0.6 is 11.6 Å². The highest BCUT2D eigenvalue weighted by Crippen LogP contribution is 2.38. The normalized spacial score (nSPS) is 18.9. The van der Waals surface area contributed by atoms with Gasteiger partial charge in [0.2, 0.25) is 5.91 Å². The van der Waals surface area contributed by atoms with E-state index in [-0.39, 0.29) is 18.5 Å². The third kappa shape index (κ3) is 6.81. The third-order valence-corrected chi connectivity index (χ3v) is 8.16. The van der Waals surface area contributed by atoms with Crippen LogP contribution in [0.5, 0.6) is 5.75 Å². The molecule has 2 aromatic carbocycles. The fraction of sp³-hybridized carbons (Fsp3) is 0.433. The van der Waals surface area contributed by atoms with Crippen LogP contribution in [0.15, 0.2) is 55.0 Å². The van der Waals surface area contributed by atoms with Gasteiger partial charge in [0.15, 0.2) is 0 Å². The standard InChI is InChI=1S/C30H36ClN5O3/c31-21-11-9-20(10-12-21)16-26(29(32)37)36-30(38)23-8-4-7-22-24(13-14-39-28(22)23)35-25(27-17-33-18-34-27)15-19-5-2-1-3-6-19/h4,7-12,17-19,24-26,35H,1-3,5-6,13-16H2,(H2,32,37)(H,33,34)(H,36,38)/t24?,25?,26-/m0/s1. The van der Waals surface area contributed by atoms with Crippen molar-refractivity contribution in [1.82, 2.24) is 20.6 Å². The van der Waals surface area contributed by atoms with E-state index in [0.29, 0.717) is 28.9 Å². The fourth-order valence-electron chi connectivity index (χ4n) is 5.83. The number of benzene rings is 2. The SMILES string of the molecule is NC(=O)[C@H](Cc1ccc(Cl)cc1)NC(=O)c1cccc2c1OCCC2NC(CC1CCCCC1)c1cnc[nH]1. The molecular formula is C30H36ClN5O3. The number of hydrogen-bond acceptors (Lipinski definition) is 5. The number of halogens is 1. The number of imidazole rings is 1. The predicted octanol–water partition coefficient (Wildman–Crippen LogP) is 5.01. The van der Waals surface area contributed by atoms with E-state index in [4.69, 9.17) is 22.1 Å². The first-order chi connectivity index (χ1) is 19.0. The molecule has 3 aromatic rings. The third-order valence-electron chi connectivity index (χ3n) is 7.91. The van der Waals surface area contributed by atoms with E-state index in [1.807, 2.05) is 30.5 Å². The van der Waals surface area contributed by atoms with Crippen molar-refractivity contribution in [2.45, 2.75) is 69.5 Å². The summed E-state index contributed by atoms with van der Waals surface area (Å²) in [5.74, 6) is 0.239. The molecule has 2 heterocycles. The quantitative estimate of drug-likeness (QED) is 0.283. The number of fused-ring (bicyclic) bond motifs is 1. The lowest BCUT2D eigenvalue weighted by Crippen LogP contribution is -2.46. The van der Waals surface area contributed by atoms with Gasteiger partial charge in [-0.3, -0.25) is 9.59 Å². The van der Waals surface area contributed by atoms with Crippen molar-refractivity contribution < 1.29 is 14.3 Å². The first-order valence-electron chi connectivity index (χ1n) is 13.8. The van der Waals surface area contributed by atoms with Gasteiger partial charge in [-0.25, -0.2) is 4.98 Å². The van der Waals surface area contributed by atoms with Crippen LogP contribution in [-0.4, -0.2) is 34.4 Å². The summed E-state index contributed by atoms with van der Waals surface area (Å²) in [5.41, 5.74) is 8.91. The number of hydrogen-bond donors (Lipinski definition) is 4. The van der Waals surface area contributed by atoms with Crippen LogP contribution in [0.1, 0.15) is 84.2 Å². The largest absolute Gasteiger partial charge is 0.492 e. The highest BCUT2D eigenvalue weighted by molar-refractivity contribution is 6.30. The maximum Gasteiger partial charge on any atom is 0.255 e. The van der Waals surface area contributed by atoms with Gasteiger partial charge >= 0.3 is 0 Å². The smallest absolute Gasteiger partial charge is 0.255 e. The lowest BCUT2D eigenvalue weighted by Gasteiger charge is -2.33. The molecule has 1 saturated carbocycles. The Morgan fingerprint density at radius 2 is 1.90 bits per heavy atom. The molecule has 0 spiro atoms. The van der Waals surface area contributed by atoms with Crippen LogP contribution < -0.4 is 21.1 Å². The highest BCUT2D eigenvalue weighted by Gasteiger charge is 2.31. The van der Waals surface area contributed by atoms with E-state index in [0.717, 1.165) is 29.7 Å². The minimum atomic E-state index is -0.868. The molecule has 0 radical (unpaired) electrons. The molecule has 0 bridgehead atoms. The van der Waals surface area contributed by atoms with Gasteiger partial charge in [-0.05, 0) is 36.1 Å². The summed E-state index contributed by atoms with van der Waals surface area (Å²) in [5, 5.41) is 7.27. The van der Waals surface area contributed by atoms with Crippen molar-refractivity contribution >= 4 is 23.4 Å². The Hall–Kier alpha value is -3.36. The zero-order valence-electron chi connectivity index (χ0n) is 22.0. The van der Waals surface area contributed by atoms with Crippen molar-refractivity contribution in [2.24, 2.45) is 11.7 Å². The summed E-state index contributed by atoms with van der Waals surface area (Å²) in [6.45, 7) is 0.484. The van der Waals surface area contributed by atoms with E-state index < -0.39 is 17.9 Å². The number of nitrogens with two attached hydrogens (primary N) is 1. The molecule has 1 fully saturated rings. The minimum absolute atomic E-state index is 0.0133. The van der Waals surface area contributed by atoms with E-state index in [1.54, 1.807) is 24.5 Å². The van der Waals surface area contributed by atoms with Gasteiger partial charge in [0.25, 0.3) is 5.91 Å². The number of H-pyrrole nitrogens is 1. The second-order valence-corrected chi connectivity index (χ2v) is 11.1. The number of primary amides is 1. The van der Waals surface area contributed by atoms with Crippen molar-refractivity contribution in [3.63, 3.8) is 0 Å². The molecule has 9 heteroatoms. The molecule has 2 unspecified atom stereocenters. The van der Waals surface area contributed by atoms with Gasteiger partial charge in [0, 0.05) is 41.7 Å². The van der Waals surface area contributed by atoms with Crippen LogP contribution in [0.3, 0.4) is 0 Å². The summed E-state index contributed by atoms with van der Waals surface area (Å²) in [6.07, 6.45) is 12.2. The number of aromatic nitrogens is 2. The summed E-state index contributed by atoms with van der Waals surface area (Å²) < 4.78 is 6.05. The topological polar surface area (TPSA) is 122 Å². The number of rotatable bonds is 10. The molecular weight excluding hydrogens is 514 g/mol. The molecule has 5 N–H and O–H groups in total. The number of nitrogens with zero attached hydrogens (tertiary/aromatic N) is 1. The van der Waals surface area contributed by atoms with E-state index in [2.05, 4.69) is 20.6 Å². The number of amides is 2. The second kappa shape index (κ2) is 12.7. The molecule has 206 valence electrons. The van der Waals surface area contributed by atoms with Crippen LogP contribution in [0.4, 0.5) is 0 Å². The van der Waals surface area contributed by atoms with Crippen LogP contribution in [0.2, 0.25) is 5.02 Å². The van der Waals surface area contributed by atoms with Crippen LogP contribution in [0, 0.1) is 5.92 Å². The monoisotopic (exact) mass is 549 g/mol. The van der Waals surface area contributed by atoms with Crippen molar-refractivity contribution in [2.75, 3.05) is 6.61 Å². The Morgan fingerprint density at radius 3 is 2.62 bits per heavy atom. The Morgan fingerprint density at radius 1 is 1.10 bits per heavy atom. The van der Waals surface area contributed by atoms with Gasteiger partial charge in [0.1, 0.15) is 11.8 Å². The van der Waals surface area contributed by atoms with Gasteiger partial charge in [-0.15, -0.1) is 0 Å². The lowest BCUT2D eigenvalue weighted by molar-refractivity contribution is -0.119. The van der Waals surface area contributed by atoms with Crippen LogP contribution in [-0.2, 0) is 11.2 Å². The Kier molecular flexibility index (Phi) is 8.84. The van der Waals surface area contributed by atoms with Crippen molar-refractivity contribution in [3.05, 3.63) is 82.4 Å². The fourth-order valence-corrected chi connectivity index (χ4v) is 5.96.